The molecule has 0 saturated heterocycles. The van der Waals surface area contributed by atoms with Crippen LogP contribution >= 0.6 is 0 Å². The number of nitrogens with one attached hydrogen (secondary N) is 2. The zero-order chi connectivity index (χ0) is 20.0. The predicted octanol–water partition coefficient (Wildman–Crippen LogP) is 4.73. The summed E-state index contributed by atoms with van der Waals surface area (Å²) in [5.74, 6) is 1.14. The monoisotopic (exact) mass is 368 g/mol. The molecule has 0 fully saturated rings. The van der Waals surface area contributed by atoms with E-state index in [1.54, 1.807) is 31.4 Å². The summed E-state index contributed by atoms with van der Waals surface area (Å²) in [5.41, 5.74) is 3.62. The van der Waals surface area contributed by atoms with E-state index in [0.29, 0.717) is 23.7 Å². The van der Waals surface area contributed by atoms with Gasteiger partial charge in [-0.25, -0.2) is 0 Å². The number of methoxy groups -OCH3 is 1. The molecule has 0 radical (unpaired) electrons. The zero-order valence-corrected chi connectivity index (χ0v) is 16.6. The number of hydrogen-bond donors (Lipinski definition) is 2. The van der Waals surface area contributed by atoms with Gasteiger partial charge >= 0.3 is 0 Å². The highest BCUT2D eigenvalue weighted by molar-refractivity contribution is 5.92. The van der Waals surface area contributed by atoms with Crippen LogP contribution in [0.1, 0.15) is 44.2 Å². The van der Waals surface area contributed by atoms with Crippen LogP contribution in [-0.4, -0.2) is 18.9 Å². The molecular weight excluding hydrogens is 340 g/mol. The van der Waals surface area contributed by atoms with E-state index in [4.69, 9.17) is 4.74 Å². The lowest BCUT2D eigenvalue weighted by Gasteiger charge is -2.22. The fourth-order valence-electron chi connectivity index (χ4n) is 3.12. The van der Waals surface area contributed by atoms with E-state index in [0.717, 1.165) is 16.9 Å². The van der Waals surface area contributed by atoms with Gasteiger partial charge in [-0.3, -0.25) is 9.59 Å². The van der Waals surface area contributed by atoms with Gasteiger partial charge in [-0.05, 0) is 60.2 Å². The molecule has 5 heteroatoms. The molecule has 1 atom stereocenters. The van der Waals surface area contributed by atoms with E-state index < -0.39 is 0 Å². The minimum Gasteiger partial charge on any atom is -0.496 e. The van der Waals surface area contributed by atoms with Crippen molar-refractivity contribution in [1.82, 2.24) is 0 Å². The van der Waals surface area contributed by atoms with Crippen LogP contribution in [0.25, 0.3) is 0 Å². The average Bonchev–Trinajstić information content (AvgIpc) is 2.60. The number of amides is 2. The van der Waals surface area contributed by atoms with E-state index in [9.17, 15) is 9.59 Å². The van der Waals surface area contributed by atoms with E-state index in [2.05, 4.69) is 30.5 Å². The summed E-state index contributed by atoms with van der Waals surface area (Å²) < 4.78 is 5.33. The standard InChI is InChI=1S/C22H28N2O3/c1-14(2)20(17-6-11-21(27-5)15(3)12-17)13-22(26)24-19-9-7-18(8-10-19)23-16(4)25/h6-12,14,20H,13H2,1-5H3,(H,23,25)(H,24,26). The van der Waals surface area contributed by atoms with Gasteiger partial charge in [-0.1, -0.05) is 26.0 Å². The molecule has 0 bridgehead atoms. The lowest BCUT2D eigenvalue weighted by Crippen LogP contribution is -2.19. The lowest BCUT2D eigenvalue weighted by molar-refractivity contribution is -0.117. The molecule has 5 nitrogen and oxygen atoms in total. The molecule has 2 rings (SSSR count). The maximum atomic E-state index is 12.6. The molecule has 0 heterocycles. The maximum Gasteiger partial charge on any atom is 0.224 e. The number of carbonyl (C=O) groups is 2. The van der Waals surface area contributed by atoms with Gasteiger partial charge in [0.05, 0.1) is 7.11 Å². The van der Waals surface area contributed by atoms with E-state index in [1.165, 1.54) is 6.92 Å². The third-order valence-electron chi connectivity index (χ3n) is 4.55. The minimum atomic E-state index is -0.124. The van der Waals surface area contributed by atoms with Crippen LogP contribution in [0.3, 0.4) is 0 Å². The first-order chi connectivity index (χ1) is 12.8. The summed E-state index contributed by atoms with van der Waals surface area (Å²) in [6.07, 6.45) is 0.400. The first kappa shape index (κ1) is 20.5. The Hall–Kier alpha value is -2.82. The van der Waals surface area contributed by atoms with E-state index in [1.807, 2.05) is 19.1 Å². The molecule has 27 heavy (non-hydrogen) atoms. The first-order valence-electron chi connectivity index (χ1n) is 9.12. The molecule has 0 aromatic heterocycles. The van der Waals surface area contributed by atoms with Gasteiger partial charge in [0.2, 0.25) is 11.8 Å². The van der Waals surface area contributed by atoms with Crippen LogP contribution < -0.4 is 15.4 Å². The van der Waals surface area contributed by atoms with E-state index in [-0.39, 0.29) is 17.7 Å². The summed E-state index contributed by atoms with van der Waals surface area (Å²) in [6, 6.07) is 13.2. The van der Waals surface area contributed by atoms with Crippen LogP contribution in [0.4, 0.5) is 11.4 Å². The number of ether oxygens (including phenoxy) is 1. The number of hydrogen-bond acceptors (Lipinski definition) is 3. The highest BCUT2D eigenvalue weighted by atomic mass is 16.5. The Labute approximate surface area is 161 Å². The number of carbonyl (C=O) groups excluding carboxylic acids is 2. The van der Waals surface area contributed by atoms with Crippen molar-refractivity contribution in [3.05, 3.63) is 53.6 Å². The number of benzene rings is 2. The predicted molar refractivity (Wildman–Crippen MR) is 109 cm³/mol. The Morgan fingerprint density at radius 2 is 1.59 bits per heavy atom. The minimum absolute atomic E-state index is 0.0329. The van der Waals surface area contributed by atoms with Crippen molar-refractivity contribution in [2.45, 2.75) is 40.0 Å². The van der Waals surface area contributed by atoms with Crippen molar-refractivity contribution in [2.75, 3.05) is 17.7 Å². The van der Waals surface area contributed by atoms with Crippen molar-refractivity contribution in [1.29, 1.82) is 0 Å². The molecule has 0 spiro atoms. The maximum absolute atomic E-state index is 12.6. The van der Waals surface area contributed by atoms with Gasteiger partial charge in [0, 0.05) is 24.7 Å². The van der Waals surface area contributed by atoms with Crippen LogP contribution in [0, 0.1) is 12.8 Å². The highest BCUT2D eigenvalue weighted by Gasteiger charge is 2.20. The van der Waals surface area contributed by atoms with Gasteiger partial charge in [-0.15, -0.1) is 0 Å². The third-order valence-corrected chi connectivity index (χ3v) is 4.55. The fourth-order valence-corrected chi connectivity index (χ4v) is 3.12. The third kappa shape index (κ3) is 5.84. The summed E-state index contributed by atoms with van der Waals surface area (Å²) in [7, 11) is 1.66. The molecule has 1 unspecified atom stereocenters. The largest absolute Gasteiger partial charge is 0.496 e. The molecule has 0 aliphatic heterocycles. The fraction of sp³-hybridized carbons (Fsp3) is 0.364. The van der Waals surface area contributed by atoms with Gasteiger partial charge in [0.1, 0.15) is 5.75 Å². The lowest BCUT2D eigenvalue weighted by atomic mass is 9.85. The Bertz CT molecular complexity index is 798. The average molecular weight is 368 g/mol. The second-order valence-corrected chi connectivity index (χ2v) is 7.09. The van der Waals surface area contributed by atoms with Crippen molar-refractivity contribution < 1.29 is 14.3 Å². The van der Waals surface area contributed by atoms with Crippen molar-refractivity contribution >= 4 is 23.2 Å². The van der Waals surface area contributed by atoms with Crippen LogP contribution in [0.2, 0.25) is 0 Å². The molecular formula is C22H28N2O3. The topological polar surface area (TPSA) is 67.4 Å². The van der Waals surface area contributed by atoms with Gasteiger partial charge < -0.3 is 15.4 Å². The highest BCUT2D eigenvalue weighted by Crippen LogP contribution is 2.31. The van der Waals surface area contributed by atoms with Crippen molar-refractivity contribution in [3.63, 3.8) is 0 Å². The molecule has 2 N–H and O–H groups in total. The molecule has 144 valence electrons. The number of rotatable bonds is 7. The molecule has 0 aliphatic carbocycles. The van der Waals surface area contributed by atoms with Gasteiger partial charge in [-0.2, -0.15) is 0 Å². The summed E-state index contributed by atoms with van der Waals surface area (Å²) in [5, 5.41) is 5.65. The SMILES string of the molecule is COc1ccc(C(CC(=O)Nc2ccc(NC(C)=O)cc2)C(C)C)cc1C. The smallest absolute Gasteiger partial charge is 0.224 e. The molecule has 2 aromatic rings. The second kappa shape index (κ2) is 9.21. The summed E-state index contributed by atoms with van der Waals surface area (Å²) in [4.78, 5) is 23.6. The normalized spacial score (nSPS) is 11.8. The van der Waals surface area contributed by atoms with Gasteiger partial charge in [0.25, 0.3) is 0 Å². The Kier molecular flexibility index (Phi) is 6.99. The summed E-state index contributed by atoms with van der Waals surface area (Å²) >= 11 is 0. The molecule has 0 saturated carbocycles. The molecule has 0 aliphatic rings. The van der Waals surface area contributed by atoms with Crippen molar-refractivity contribution in [3.8, 4) is 5.75 Å². The Morgan fingerprint density at radius 3 is 2.07 bits per heavy atom. The van der Waals surface area contributed by atoms with Crippen LogP contribution in [-0.2, 0) is 9.59 Å². The zero-order valence-electron chi connectivity index (χ0n) is 16.6. The first-order valence-corrected chi connectivity index (χ1v) is 9.12. The number of aryl methyl sites for hydroxylation is 1. The quantitative estimate of drug-likeness (QED) is 0.742. The molecule has 2 amide bonds. The number of anilines is 2. The summed E-state index contributed by atoms with van der Waals surface area (Å²) in [6.45, 7) is 7.72. The second-order valence-electron chi connectivity index (χ2n) is 7.09. The van der Waals surface area contributed by atoms with Crippen LogP contribution in [0.5, 0.6) is 5.75 Å². The Balaban J connectivity index is 2.06. The van der Waals surface area contributed by atoms with Crippen LogP contribution in [0.15, 0.2) is 42.5 Å². The van der Waals surface area contributed by atoms with E-state index >= 15 is 0 Å². The Morgan fingerprint density at radius 1 is 1.00 bits per heavy atom. The molecule has 2 aromatic carbocycles. The van der Waals surface area contributed by atoms with Gasteiger partial charge in [0.15, 0.2) is 0 Å². The van der Waals surface area contributed by atoms with Crippen molar-refractivity contribution in [2.24, 2.45) is 5.92 Å².